The van der Waals surface area contributed by atoms with Gasteiger partial charge in [-0.1, -0.05) is 23.2 Å². The molecule has 138 valence electrons. The SMILES string of the molecule is O=C(NC1(C(F)(F)F)C(=O)Cc2nc3cc(Cl)c(Cl)cc3n21)C1CNC1. The topological polar surface area (TPSA) is 76.0 Å². The van der Waals surface area contributed by atoms with Gasteiger partial charge in [0.1, 0.15) is 5.82 Å². The number of amides is 1. The summed E-state index contributed by atoms with van der Waals surface area (Å²) >= 11 is 11.8. The number of imidazole rings is 1. The van der Waals surface area contributed by atoms with Crippen LogP contribution in [0.4, 0.5) is 13.2 Å². The van der Waals surface area contributed by atoms with Crippen LogP contribution in [0.1, 0.15) is 5.82 Å². The molecule has 2 aromatic rings. The summed E-state index contributed by atoms with van der Waals surface area (Å²) in [6.45, 7) is 0.514. The molecule has 0 aliphatic carbocycles. The largest absolute Gasteiger partial charge is 0.438 e. The number of benzene rings is 1. The van der Waals surface area contributed by atoms with E-state index in [0.29, 0.717) is 0 Å². The number of hydrogen-bond donors (Lipinski definition) is 2. The predicted octanol–water partition coefficient (Wildman–Crippen LogP) is 2.02. The van der Waals surface area contributed by atoms with Gasteiger partial charge in [-0.2, -0.15) is 13.2 Å². The third-order valence-electron chi connectivity index (χ3n) is 4.69. The summed E-state index contributed by atoms with van der Waals surface area (Å²) in [4.78, 5) is 28.8. The normalized spacial score (nSPS) is 23.2. The number of rotatable bonds is 2. The van der Waals surface area contributed by atoms with Crippen molar-refractivity contribution in [2.24, 2.45) is 5.92 Å². The maximum atomic E-state index is 14.1. The number of Topliss-reactive ketones (excluding diaryl/α,β-unsaturated/α-hetero) is 1. The van der Waals surface area contributed by atoms with Crippen molar-refractivity contribution in [3.05, 3.63) is 28.0 Å². The van der Waals surface area contributed by atoms with Crippen molar-refractivity contribution in [2.45, 2.75) is 18.3 Å². The number of carbonyl (C=O) groups is 2. The van der Waals surface area contributed by atoms with E-state index in [4.69, 9.17) is 23.2 Å². The molecule has 1 unspecified atom stereocenters. The van der Waals surface area contributed by atoms with Crippen LogP contribution in [0.15, 0.2) is 12.1 Å². The molecule has 1 aromatic heterocycles. The van der Waals surface area contributed by atoms with E-state index in [1.807, 2.05) is 5.32 Å². The van der Waals surface area contributed by atoms with Crippen molar-refractivity contribution in [3.8, 4) is 0 Å². The first-order valence-corrected chi connectivity index (χ1v) is 8.40. The van der Waals surface area contributed by atoms with E-state index in [-0.39, 0.29) is 40.0 Å². The first kappa shape index (κ1) is 17.6. The lowest BCUT2D eigenvalue weighted by Gasteiger charge is -2.36. The molecule has 0 bridgehead atoms. The minimum absolute atomic E-state index is 0.0202. The minimum atomic E-state index is -5.07. The van der Waals surface area contributed by atoms with Gasteiger partial charge < -0.3 is 10.6 Å². The Labute approximate surface area is 154 Å². The van der Waals surface area contributed by atoms with Gasteiger partial charge in [-0.25, -0.2) is 4.98 Å². The van der Waals surface area contributed by atoms with Crippen molar-refractivity contribution < 1.29 is 22.8 Å². The Bertz CT molecular complexity index is 954. The van der Waals surface area contributed by atoms with Crippen LogP contribution in [0.3, 0.4) is 0 Å². The molecule has 0 spiro atoms. The highest BCUT2D eigenvalue weighted by Gasteiger charge is 2.67. The summed E-state index contributed by atoms with van der Waals surface area (Å²) in [6, 6.07) is 2.54. The van der Waals surface area contributed by atoms with Crippen LogP contribution in [0.2, 0.25) is 10.0 Å². The van der Waals surface area contributed by atoms with E-state index in [0.717, 1.165) is 4.57 Å². The molecule has 2 N–H and O–H groups in total. The second-order valence-corrected chi connectivity index (χ2v) is 7.09. The fraction of sp³-hybridized carbons (Fsp3) is 0.400. The minimum Gasteiger partial charge on any atom is -0.319 e. The molecule has 1 amide bonds. The fourth-order valence-corrected chi connectivity index (χ4v) is 3.56. The highest BCUT2D eigenvalue weighted by molar-refractivity contribution is 6.42. The van der Waals surface area contributed by atoms with E-state index in [9.17, 15) is 22.8 Å². The van der Waals surface area contributed by atoms with Crippen molar-refractivity contribution in [1.29, 1.82) is 0 Å². The number of alkyl halides is 3. The van der Waals surface area contributed by atoms with E-state index >= 15 is 0 Å². The Hall–Kier alpha value is -1.84. The van der Waals surface area contributed by atoms with Crippen molar-refractivity contribution in [2.75, 3.05) is 13.1 Å². The molecule has 0 saturated carbocycles. The van der Waals surface area contributed by atoms with Gasteiger partial charge in [-0.05, 0) is 12.1 Å². The molecule has 2 aliphatic heterocycles. The average Bonchev–Trinajstić information content (AvgIpc) is 2.92. The molecule has 0 radical (unpaired) electrons. The lowest BCUT2D eigenvalue weighted by Crippen LogP contribution is -2.65. The van der Waals surface area contributed by atoms with Crippen LogP contribution in [-0.4, -0.2) is 40.5 Å². The van der Waals surface area contributed by atoms with Crippen molar-refractivity contribution in [3.63, 3.8) is 0 Å². The standard InChI is InChI=1S/C15H11Cl2F3N4O2/c16-7-1-9-10(2-8(7)17)24-12(22-9)3-11(25)14(24,15(18,19)20)23-13(26)6-4-21-5-6/h1-2,6,21H,3-5H2,(H,23,26). The molecule has 1 atom stereocenters. The van der Waals surface area contributed by atoms with Crippen LogP contribution < -0.4 is 10.6 Å². The number of nitrogens with one attached hydrogen (secondary N) is 2. The highest BCUT2D eigenvalue weighted by atomic mass is 35.5. The van der Waals surface area contributed by atoms with E-state index in [1.54, 1.807) is 0 Å². The summed E-state index contributed by atoms with van der Waals surface area (Å²) in [5.74, 6) is -2.77. The zero-order valence-electron chi connectivity index (χ0n) is 13.0. The molecular formula is C15H11Cl2F3N4O2. The lowest BCUT2D eigenvalue weighted by atomic mass is 9.98. The first-order chi connectivity index (χ1) is 12.1. The van der Waals surface area contributed by atoms with Gasteiger partial charge in [0, 0.05) is 13.1 Å². The Morgan fingerprint density at radius 2 is 1.96 bits per heavy atom. The van der Waals surface area contributed by atoms with Gasteiger partial charge >= 0.3 is 6.18 Å². The van der Waals surface area contributed by atoms with Crippen molar-refractivity contribution in [1.82, 2.24) is 20.2 Å². The van der Waals surface area contributed by atoms with Crippen molar-refractivity contribution >= 4 is 45.9 Å². The third-order valence-corrected chi connectivity index (χ3v) is 5.41. The van der Waals surface area contributed by atoms with Crippen LogP contribution in [0, 0.1) is 5.92 Å². The summed E-state index contributed by atoms with van der Waals surface area (Å²) in [7, 11) is 0. The molecule has 1 aromatic carbocycles. The van der Waals surface area contributed by atoms with Crippen LogP contribution in [-0.2, 0) is 21.7 Å². The monoisotopic (exact) mass is 406 g/mol. The summed E-state index contributed by atoms with van der Waals surface area (Å²) in [6.07, 6.45) is -5.63. The molecule has 11 heteroatoms. The van der Waals surface area contributed by atoms with Crippen LogP contribution in [0.5, 0.6) is 0 Å². The number of hydrogen-bond acceptors (Lipinski definition) is 4. The zero-order valence-corrected chi connectivity index (χ0v) is 14.5. The zero-order chi connectivity index (χ0) is 18.9. The number of ketones is 1. The second-order valence-electron chi connectivity index (χ2n) is 6.27. The Balaban J connectivity index is 1.94. The number of nitrogens with zero attached hydrogens (tertiary/aromatic N) is 2. The molecule has 4 rings (SSSR count). The summed E-state index contributed by atoms with van der Waals surface area (Å²) in [5, 5.41) is 4.90. The Morgan fingerprint density at radius 1 is 1.31 bits per heavy atom. The van der Waals surface area contributed by atoms with E-state index in [2.05, 4.69) is 10.3 Å². The van der Waals surface area contributed by atoms with Gasteiger partial charge in [0.2, 0.25) is 5.91 Å². The molecule has 6 nitrogen and oxygen atoms in total. The fourth-order valence-electron chi connectivity index (χ4n) is 3.25. The smallest absolute Gasteiger partial charge is 0.319 e. The maximum absolute atomic E-state index is 14.1. The predicted molar refractivity (Wildman–Crippen MR) is 87.0 cm³/mol. The molecule has 1 fully saturated rings. The molecule has 3 heterocycles. The number of fused-ring (bicyclic) bond motifs is 3. The number of aromatic nitrogens is 2. The van der Waals surface area contributed by atoms with Crippen LogP contribution >= 0.6 is 23.2 Å². The maximum Gasteiger partial charge on any atom is 0.438 e. The summed E-state index contributed by atoms with van der Waals surface area (Å²) < 4.78 is 43.1. The van der Waals surface area contributed by atoms with Crippen LogP contribution in [0.25, 0.3) is 11.0 Å². The van der Waals surface area contributed by atoms with Gasteiger partial charge in [0.05, 0.1) is 33.4 Å². The lowest BCUT2D eigenvalue weighted by molar-refractivity contribution is -0.219. The Morgan fingerprint density at radius 3 is 2.54 bits per heavy atom. The Kier molecular flexibility index (Phi) is 3.77. The van der Waals surface area contributed by atoms with E-state index in [1.165, 1.54) is 12.1 Å². The highest BCUT2D eigenvalue weighted by Crippen LogP contribution is 2.44. The number of carbonyl (C=O) groups excluding carboxylic acids is 2. The number of halogens is 5. The first-order valence-electron chi connectivity index (χ1n) is 7.65. The molecular weight excluding hydrogens is 396 g/mol. The third kappa shape index (κ3) is 2.27. The van der Waals surface area contributed by atoms with Gasteiger partial charge in [0.25, 0.3) is 5.66 Å². The second kappa shape index (κ2) is 5.58. The summed E-state index contributed by atoms with van der Waals surface area (Å²) in [5.41, 5.74) is -3.07. The molecule has 26 heavy (non-hydrogen) atoms. The van der Waals surface area contributed by atoms with Gasteiger partial charge in [-0.15, -0.1) is 0 Å². The average molecular weight is 407 g/mol. The molecule has 1 saturated heterocycles. The van der Waals surface area contributed by atoms with E-state index < -0.39 is 35.9 Å². The quantitative estimate of drug-likeness (QED) is 0.799. The van der Waals surface area contributed by atoms with Gasteiger partial charge in [-0.3, -0.25) is 14.2 Å². The molecule has 2 aliphatic rings. The van der Waals surface area contributed by atoms with Gasteiger partial charge in [0.15, 0.2) is 5.78 Å².